The molecule has 90 valence electrons. The molecule has 1 aliphatic rings. The summed E-state index contributed by atoms with van der Waals surface area (Å²) >= 11 is 0. The fraction of sp³-hybridized carbons (Fsp3) is 0.600. The van der Waals surface area contributed by atoms with Crippen molar-refractivity contribution < 1.29 is 0 Å². The van der Waals surface area contributed by atoms with Gasteiger partial charge in [0.05, 0.1) is 12.4 Å². The van der Waals surface area contributed by atoms with E-state index in [9.17, 15) is 0 Å². The molecular formula is C10H15N7. The number of hydrogen-bond donors (Lipinski definition) is 1. The third-order valence-corrected chi connectivity index (χ3v) is 3.05. The van der Waals surface area contributed by atoms with Crippen LogP contribution in [0.5, 0.6) is 0 Å². The molecule has 0 radical (unpaired) electrons. The molecule has 7 heteroatoms. The summed E-state index contributed by atoms with van der Waals surface area (Å²) in [6.07, 6.45) is 6.04. The van der Waals surface area contributed by atoms with Crippen LogP contribution in [-0.2, 0) is 0 Å². The molecule has 0 spiro atoms. The second-order valence-corrected chi connectivity index (χ2v) is 4.38. The quantitative estimate of drug-likeness (QED) is 0.785. The molecule has 1 N–H and O–H groups in total. The van der Waals surface area contributed by atoms with Gasteiger partial charge in [-0.2, -0.15) is 4.52 Å². The van der Waals surface area contributed by atoms with E-state index in [0.29, 0.717) is 5.65 Å². The van der Waals surface area contributed by atoms with E-state index in [1.807, 2.05) is 0 Å². The third kappa shape index (κ3) is 2.19. The number of tetrazole rings is 1. The van der Waals surface area contributed by atoms with Crippen LogP contribution < -0.4 is 5.32 Å². The predicted octanol–water partition coefficient (Wildman–Crippen LogP) is 0.0254. The second kappa shape index (κ2) is 4.25. The van der Waals surface area contributed by atoms with Crippen LogP contribution in [0.15, 0.2) is 12.4 Å². The lowest BCUT2D eigenvalue weighted by atomic mass is 10.5. The molecule has 1 aliphatic carbocycles. The highest BCUT2D eigenvalue weighted by Gasteiger charge is 2.25. The number of likely N-dealkylation sites (N-methyl/N-ethyl adjacent to an activating group) is 1. The molecule has 1 saturated carbocycles. The molecule has 3 rings (SSSR count). The summed E-state index contributed by atoms with van der Waals surface area (Å²) in [7, 11) is 2.16. The van der Waals surface area contributed by atoms with Crippen molar-refractivity contribution in [3.63, 3.8) is 0 Å². The molecule has 0 unspecified atom stereocenters. The van der Waals surface area contributed by atoms with E-state index in [0.717, 1.165) is 24.9 Å². The van der Waals surface area contributed by atoms with Gasteiger partial charge in [-0.15, -0.1) is 5.10 Å². The van der Waals surface area contributed by atoms with E-state index in [-0.39, 0.29) is 0 Å². The molecule has 7 nitrogen and oxygen atoms in total. The second-order valence-electron chi connectivity index (χ2n) is 4.38. The standard InChI is InChI=1S/C10H15N7/c1-16(8-2-3-8)5-4-12-9-6-11-7-10-13-14-15-17(9)10/h6-8,12H,2-5H2,1H3. The van der Waals surface area contributed by atoms with Gasteiger partial charge in [-0.25, -0.2) is 0 Å². The summed E-state index contributed by atoms with van der Waals surface area (Å²) in [6.45, 7) is 1.89. The Balaban J connectivity index is 1.62. The lowest BCUT2D eigenvalue weighted by molar-refractivity contribution is 0.337. The summed E-state index contributed by atoms with van der Waals surface area (Å²) in [6, 6.07) is 0.791. The van der Waals surface area contributed by atoms with Crippen LogP contribution in [0.3, 0.4) is 0 Å². The minimum absolute atomic E-state index is 0.658. The molecule has 0 amide bonds. The summed E-state index contributed by atoms with van der Waals surface area (Å²) in [5.41, 5.74) is 0.658. The molecule has 17 heavy (non-hydrogen) atoms. The van der Waals surface area contributed by atoms with Gasteiger partial charge in [0.15, 0.2) is 5.65 Å². The van der Waals surface area contributed by atoms with Crippen molar-refractivity contribution in [1.82, 2.24) is 29.9 Å². The zero-order valence-electron chi connectivity index (χ0n) is 9.74. The Morgan fingerprint density at radius 2 is 2.35 bits per heavy atom. The van der Waals surface area contributed by atoms with Crippen LogP contribution in [0.1, 0.15) is 12.8 Å². The molecule has 2 aromatic heterocycles. The zero-order valence-corrected chi connectivity index (χ0v) is 9.74. The van der Waals surface area contributed by atoms with Gasteiger partial charge in [0.1, 0.15) is 5.82 Å². The Hall–Kier alpha value is -1.76. The summed E-state index contributed by atoms with van der Waals surface area (Å²) in [5.74, 6) is 0.830. The highest BCUT2D eigenvalue weighted by atomic mass is 15.5. The van der Waals surface area contributed by atoms with Gasteiger partial charge in [0.25, 0.3) is 0 Å². The summed E-state index contributed by atoms with van der Waals surface area (Å²) in [5, 5.41) is 14.7. The average molecular weight is 233 g/mol. The Morgan fingerprint density at radius 1 is 1.47 bits per heavy atom. The Labute approximate surface area is 98.8 Å². The number of anilines is 1. The maximum absolute atomic E-state index is 4.09. The van der Waals surface area contributed by atoms with Crippen molar-refractivity contribution in [2.75, 3.05) is 25.5 Å². The molecule has 2 aromatic rings. The predicted molar refractivity (Wildman–Crippen MR) is 62.7 cm³/mol. The smallest absolute Gasteiger partial charge is 0.199 e. The SMILES string of the molecule is CN(CCNc1cncc2nnnn12)C1CC1. The maximum Gasteiger partial charge on any atom is 0.199 e. The lowest BCUT2D eigenvalue weighted by Crippen LogP contribution is -2.27. The zero-order chi connectivity index (χ0) is 11.7. The van der Waals surface area contributed by atoms with Gasteiger partial charge in [0.2, 0.25) is 0 Å². The normalized spacial score (nSPS) is 15.6. The number of hydrogen-bond acceptors (Lipinski definition) is 6. The average Bonchev–Trinajstić information content (AvgIpc) is 3.07. The van der Waals surface area contributed by atoms with Crippen molar-refractivity contribution in [3.8, 4) is 0 Å². The van der Waals surface area contributed by atoms with E-state index < -0.39 is 0 Å². The first kappa shape index (κ1) is 10.4. The number of aromatic nitrogens is 5. The molecular weight excluding hydrogens is 218 g/mol. The number of rotatable bonds is 5. The summed E-state index contributed by atoms with van der Waals surface area (Å²) < 4.78 is 1.66. The highest BCUT2D eigenvalue weighted by molar-refractivity contribution is 5.43. The van der Waals surface area contributed by atoms with Crippen LogP contribution >= 0.6 is 0 Å². The van der Waals surface area contributed by atoms with Gasteiger partial charge in [-0.1, -0.05) is 0 Å². The van der Waals surface area contributed by atoms with Gasteiger partial charge < -0.3 is 10.2 Å². The van der Waals surface area contributed by atoms with Crippen LogP contribution in [-0.4, -0.2) is 56.1 Å². The van der Waals surface area contributed by atoms with Crippen LogP contribution in [0, 0.1) is 0 Å². The van der Waals surface area contributed by atoms with Crippen molar-refractivity contribution in [3.05, 3.63) is 12.4 Å². The molecule has 0 atom stereocenters. The monoisotopic (exact) mass is 233 g/mol. The summed E-state index contributed by atoms with van der Waals surface area (Å²) in [4.78, 5) is 6.47. The van der Waals surface area contributed by atoms with Crippen molar-refractivity contribution in [2.45, 2.75) is 18.9 Å². The first-order valence-corrected chi connectivity index (χ1v) is 5.81. The molecule has 0 saturated heterocycles. The highest BCUT2D eigenvalue weighted by Crippen LogP contribution is 2.24. The van der Waals surface area contributed by atoms with E-state index in [1.165, 1.54) is 12.8 Å². The largest absolute Gasteiger partial charge is 0.367 e. The van der Waals surface area contributed by atoms with Gasteiger partial charge in [-0.05, 0) is 30.3 Å². The van der Waals surface area contributed by atoms with E-state index in [1.54, 1.807) is 16.9 Å². The number of fused-ring (bicyclic) bond motifs is 1. The fourth-order valence-electron chi connectivity index (χ4n) is 1.85. The van der Waals surface area contributed by atoms with Crippen LogP contribution in [0.2, 0.25) is 0 Å². The van der Waals surface area contributed by atoms with E-state index in [2.05, 4.69) is 37.8 Å². The Kier molecular flexibility index (Phi) is 2.60. The molecule has 0 bridgehead atoms. The first-order valence-electron chi connectivity index (χ1n) is 5.81. The maximum atomic E-state index is 4.09. The molecule has 0 aliphatic heterocycles. The fourth-order valence-corrected chi connectivity index (χ4v) is 1.85. The minimum Gasteiger partial charge on any atom is -0.367 e. The Morgan fingerprint density at radius 3 is 3.18 bits per heavy atom. The van der Waals surface area contributed by atoms with Crippen molar-refractivity contribution in [2.24, 2.45) is 0 Å². The van der Waals surface area contributed by atoms with E-state index in [4.69, 9.17) is 0 Å². The first-order chi connectivity index (χ1) is 8.34. The molecule has 1 fully saturated rings. The van der Waals surface area contributed by atoms with Crippen LogP contribution in [0.25, 0.3) is 5.65 Å². The molecule has 0 aromatic carbocycles. The minimum atomic E-state index is 0.658. The van der Waals surface area contributed by atoms with E-state index >= 15 is 0 Å². The van der Waals surface area contributed by atoms with Gasteiger partial charge in [-0.3, -0.25) is 4.98 Å². The topological polar surface area (TPSA) is 71.2 Å². The molecule has 2 heterocycles. The van der Waals surface area contributed by atoms with Crippen molar-refractivity contribution in [1.29, 1.82) is 0 Å². The van der Waals surface area contributed by atoms with Crippen molar-refractivity contribution >= 4 is 11.5 Å². The van der Waals surface area contributed by atoms with Gasteiger partial charge in [0, 0.05) is 19.1 Å². The third-order valence-electron chi connectivity index (χ3n) is 3.05. The number of nitrogens with one attached hydrogen (secondary N) is 1. The number of nitrogens with zero attached hydrogens (tertiary/aromatic N) is 6. The van der Waals surface area contributed by atoms with Gasteiger partial charge >= 0.3 is 0 Å². The Bertz CT molecular complexity index is 504. The van der Waals surface area contributed by atoms with Crippen LogP contribution in [0.4, 0.5) is 5.82 Å². The lowest BCUT2D eigenvalue weighted by Gasteiger charge is -2.16.